The maximum absolute atomic E-state index is 12.2. The molecule has 0 unspecified atom stereocenters. The lowest BCUT2D eigenvalue weighted by atomic mass is 9.98. The first-order valence-electron chi connectivity index (χ1n) is 6.39. The summed E-state index contributed by atoms with van der Waals surface area (Å²) in [5, 5.41) is 3.09. The van der Waals surface area contributed by atoms with Gasteiger partial charge in [0.2, 0.25) is 5.91 Å². The minimum Gasteiger partial charge on any atom is -0.350 e. The van der Waals surface area contributed by atoms with Gasteiger partial charge in [0.05, 0.1) is 6.04 Å². The van der Waals surface area contributed by atoms with Gasteiger partial charge in [0.1, 0.15) is 0 Å². The Balaban J connectivity index is 2.64. The summed E-state index contributed by atoms with van der Waals surface area (Å²) in [5.74, 6) is 0.195. The summed E-state index contributed by atoms with van der Waals surface area (Å²) < 4.78 is 0. The molecule has 0 saturated carbocycles. The normalized spacial score (nSPS) is 23.5. The Kier molecular flexibility index (Phi) is 4.36. The van der Waals surface area contributed by atoms with Crippen molar-refractivity contribution < 1.29 is 4.79 Å². The highest BCUT2D eigenvalue weighted by molar-refractivity contribution is 5.82. The van der Waals surface area contributed by atoms with Crippen LogP contribution >= 0.6 is 0 Å². The number of piperidine rings is 1. The summed E-state index contributed by atoms with van der Waals surface area (Å²) in [5.41, 5.74) is -0.128. The van der Waals surface area contributed by atoms with Crippen molar-refractivity contribution >= 4 is 5.91 Å². The van der Waals surface area contributed by atoms with Gasteiger partial charge < -0.3 is 5.32 Å². The first-order chi connectivity index (χ1) is 7.31. The van der Waals surface area contributed by atoms with E-state index in [1.807, 2.05) is 20.8 Å². The molecule has 1 heterocycles. The summed E-state index contributed by atoms with van der Waals surface area (Å²) >= 11 is 0. The Hall–Kier alpha value is -0.570. The van der Waals surface area contributed by atoms with Crippen molar-refractivity contribution in [1.29, 1.82) is 0 Å². The lowest BCUT2D eigenvalue weighted by molar-refractivity contribution is -0.130. The Bertz CT molecular complexity index is 243. The molecular formula is C13H26N2O. The van der Waals surface area contributed by atoms with Crippen LogP contribution in [0.5, 0.6) is 0 Å². The largest absolute Gasteiger partial charge is 0.350 e. The quantitative estimate of drug-likeness (QED) is 0.782. The van der Waals surface area contributed by atoms with Crippen LogP contribution in [0.1, 0.15) is 53.9 Å². The van der Waals surface area contributed by atoms with E-state index in [0.717, 1.165) is 13.0 Å². The molecule has 0 bridgehead atoms. The van der Waals surface area contributed by atoms with Gasteiger partial charge in [0.15, 0.2) is 0 Å². The second-order valence-corrected chi connectivity index (χ2v) is 6.08. The van der Waals surface area contributed by atoms with Gasteiger partial charge in [-0.1, -0.05) is 6.42 Å². The Morgan fingerprint density at radius 3 is 2.44 bits per heavy atom. The highest BCUT2D eigenvalue weighted by atomic mass is 16.2. The number of rotatable bonds is 2. The van der Waals surface area contributed by atoms with Gasteiger partial charge in [0, 0.05) is 11.6 Å². The molecule has 3 nitrogen and oxygen atoms in total. The van der Waals surface area contributed by atoms with Crippen molar-refractivity contribution in [1.82, 2.24) is 10.2 Å². The zero-order valence-electron chi connectivity index (χ0n) is 11.3. The molecule has 0 aromatic heterocycles. The van der Waals surface area contributed by atoms with Crippen LogP contribution in [0, 0.1) is 0 Å². The van der Waals surface area contributed by atoms with E-state index in [2.05, 4.69) is 24.1 Å². The monoisotopic (exact) mass is 226 g/mol. The molecule has 1 fully saturated rings. The molecule has 1 aliphatic rings. The first-order valence-corrected chi connectivity index (χ1v) is 6.39. The smallest absolute Gasteiger partial charge is 0.237 e. The minimum absolute atomic E-state index is 0.0768. The van der Waals surface area contributed by atoms with Crippen LogP contribution in [0.4, 0.5) is 0 Å². The topological polar surface area (TPSA) is 32.3 Å². The SMILES string of the molecule is CC(C)N1CCCC[C@H]1C(=O)NC(C)(C)C. The summed E-state index contributed by atoms with van der Waals surface area (Å²) in [4.78, 5) is 14.5. The lowest BCUT2D eigenvalue weighted by Crippen LogP contribution is -2.55. The molecule has 1 atom stereocenters. The number of carbonyl (C=O) groups excluding carboxylic acids is 1. The molecule has 1 rings (SSSR count). The molecule has 0 radical (unpaired) electrons. The van der Waals surface area contributed by atoms with Crippen LogP contribution in [-0.4, -0.2) is 35.0 Å². The minimum atomic E-state index is -0.128. The summed E-state index contributed by atoms with van der Waals surface area (Å²) in [6.07, 6.45) is 3.39. The number of likely N-dealkylation sites (tertiary alicyclic amines) is 1. The predicted molar refractivity (Wildman–Crippen MR) is 67.4 cm³/mol. The van der Waals surface area contributed by atoms with Gasteiger partial charge >= 0.3 is 0 Å². The van der Waals surface area contributed by atoms with Gasteiger partial charge in [-0.15, -0.1) is 0 Å². The van der Waals surface area contributed by atoms with E-state index >= 15 is 0 Å². The number of hydrogen-bond donors (Lipinski definition) is 1. The predicted octanol–water partition coefficient (Wildman–Crippen LogP) is 2.16. The fourth-order valence-electron chi connectivity index (χ4n) is 2.31. The Morgan fingerprint density at radius 2 is 1.94 bits per heavy atom. The molecular weight excluding hydrogens is 200 g/mol. The lowest BCUT2D eigenvalue weighted by Gasteiger charge is -2.38. The summed E-state index contributed by atoms with van der Waals surface area (Å²) in [7, 11) is 0. The van der Waals surface area contributed by atoms with Gasteiger partial charge in [0.25, 0.3) is 0 Å². The summed E-state index contributed by atoms with van der Waals surface area (Å²) in [6.45, 7) is 11.5. The van der Waals surface area contributed by atoms with Crippen LogP contribution in [0.2, 0.25) is 0 Å². The molecule has 0 spiro atoms. The Morgan fingerprint density at radius 1 is 1.31 bits per heavy atom. The van der Waals surface area contributed by atoms with Gasteiger partial charge in [-0.25, -0.2) is 0 Å². The molecule has 16 heavy (non-hydrogen) atoms. The standard InChI is InChI=1S/C13H26N2O/c1-10(2)15-9-7-6-8-11(15)12(16)14-13(3,4)5/h10-11H,6-9H2,1-5H3,(H,14,16)/t11-/m0/s1. The fraction of sp³-hybridized carbons (Fsp3) is 0.923. The van der Waals surface area contributed by atoms with Crippen molar-refractivity contribution in [2.45, 2.75) is 71.5 Å². The third-order valence-corrected chi connectivity index (χ3v) is 3.01. The number of amides is 1. The average molecular weight is 226 g/mol. The van der Waals surface area contributed by atoms with Crippen molar-refractivity contribution in [2.75, 3.05) is 6.54 Å². The molecule has 0 aromatic rings. The van der Waals surface area contributed by atoms with Crippen molar-refractivity contribution in [3.05, 3.63) is 0 Å². The average Bonchev–Trinajstić information content (AvgIpc) is 2.15. The number of hydrogen-bond acceptors (Lipinski definition) is 2. The van der Waals surface area contributed by atoms with Crippen molar-refractivity contribution in [3.8, 4) is 0 Å². The van der Waals surface area contributed by atoms with E-state index in [4.69, 9.17) is 0 Å². The molecule has 1 saturated heterocycles. The van der Waals surface area contributed by atoms with E-state index in [9.17, 15) is 4.79 Å². The number of nitrogens with one attached hydrogen (secondary N) is 1. The molecule has 1 amide bonds. The molecule has 3 heteroatoms. The van der Waals surface area contributed by atoms with Crippen molar-refractivity contribution in [2.24, 2.45) is 0 Å². The third kappa shape index (κ3) is 3.78. The maximum Gasteiger partial charge on any atom is 0.237 e. The second kappa shape index (κ2) is 5.17. The van der Waals surface area contributed by atoms with Crippen LogP contribution in [0.3, 0.4) is 0 Å². The van der Waals surface area contributed by atoms with Crippen LogP contribution in [0.25, 0.3) is 0 Å². The van der Waals surface area contributed by atoms with E-state index in [1.165, 1.54) is 12.8 Å². The maximum atomic E-state index is 12.2. The van der Waals surface area contributed by atoms with E-state index < -0.39 is 0 Å². The van der Waals surface area contributed by atoms with E-state index in [1.54, 1.807) is 0 Å². The van der Waals surface area contributed by atoms with Crippen LogP contribution < -0.4 is 5.32 Å². The van der Waals surface area contributed by atoms with Gasteiger partial charge in [-0.2, -0.15) is 0 Å². The number of nitrogens with zero attached hydrogens (tertiary/aromatic N) is 1. The van der Waals surface area contributed by atoms with Gasteiger partial charge in [-0.3, -0.25) is 9.69 Å². The highest BCUT2D eigenvalue weighted by Crippen LogP contribution is 2.20. The van der Waals surface area contributed by atoms with Crippen molar-refractivity contribution in [3.63, 3.8) is 0 Å². The molecule has 0 aromatic carbocycles. The third-order valence-electron chi connectivity index (χ3n) is 3.01. The molecule has 94 valence electrons. The van der Waals surface area contributed by atoms with Gasteiger partial charge in [-0.05, 0) is 54.0 Å². The van der Waals surface area contributed by atoms with E-state index in [0.29, 0.717) is 6.04 Å². The number of carbonyl (C=O) groups is 1. The first kappa shape index (κ1) is 13.5. The van der Waals surface area contributed by atoms with Crippen LogP contribution in [-0.2, 0) is 4.79 Å². The Labute approximate surface area is 99.6 Å². The summed E-state index contributed by atoms with van der Waals surface area (Å²) in [6, 6.07) is 0.531. The molecule has 1 aliphatic heterocycles. The fourth-order valence-corrected chi connectivity index (χ4v) is 2.31. The van der Waals surface area contributed by atoms with E-state index in [-0.39, 0.29) is 17.5 Å². The molecule has 1 N–H and O–H groups in total. The zero-order chi connectivity index (χ0) is 12.3. The van der Waals surface area contributed by atoms with Crippen LogP contribution in [0.15, 0.2) is 0 Å². The highest BCUT2D eigenvalue weighted by Gasteiger charge is 2.31. The molecule has 0 aliphatic carbocycles. The second-order valence-electron chi connectivity index (χ2n) is 6.08. The zero-order valence-corrected chi connectivity index (χ0v) is 11.3.